The quantitative estimate of drug-likeness (QED) is 0.824. The Hall–Kier alpha value is -1.20. The maximum atomic E-state index is 13.0. The molecule has 6 heteroatoms. The van der Waals surface area contributed by atoms with Crippen molar-refractivity contribution in [1.82, 2.24) is 15.2 Å². The summed E-state index contributed by atoms with van der Waals surface area (Å²) in [5, 5.41) is 2.68. The lowest BCUT2D eigenvalue weighted by Gasteiger charge is -2.22. The number of hydrogen-bond acceptors (Lipinski definition) is 3. The molecular formula is C12H13ClFN3O. The molecule has 0 radical (unpaired) electrons. The lowest BCUT2D eigenvalue weighted by molar-refractivity contribution is 0.0919. The van der Waals surface area contributed by atoms with Gasteiger partial charge >= 0.3 is 0 Å². The minimum absolute atomic E-state index is 0.166. The first-order valence-corrected chi connectivity index (χ1v) is 6.36. The highest BCUT2D eigenvalue weighted by Gasteiger charge is 2.38. The average Bonchev–Trinajstić information content (AvgIpc) is 2.94. The fourth-order valence-corrected chi connectivity index (χ4v) is 2.89. The van der Waals surface area contributed by atoms with Gasteiger partial charge in [-0.1, -0.05) is 11.6 Å². The van der Waals surface area contributed by atoms with Crippen LogP contribution in [0, 0.1) is 11.7 Å². The van der Waals surface area contributed by atoms with E-state index in [0.717, 1.165) is 32.1 Å². The van der Waals surface area contributed by atoms with Crippen molar-refractivity contribution in [3.05, 3.63) is 28.8 Å². The Morgan fingerprint density at radius 3 is 2.94 bits per heavy atom. The number of amides is 1. The lowest BCUT2D eigenvalue weighted by Crippen LogP contribution is -2.43. The standard InChI is InChI=1S/C12H13ClFN3O/c13-11-8(14)1-2-9(15-11)12(18)16-10-6-17-4-3-7(10)5-17/h1-2,7,10H,3-6H2,(H,16,18). The molecule has 3 atom stereocenters. The maximum Gasteiger partial charge on any atom is 0.270 e. The summed E-state index contributed by atoms with van der Waals surface area (Å²) in [6, 6.07) is 2.69. The molecule has 1 aromatic heterocycles. The number of hydrogen-bond donors (Lipinski definition) is 1. The highest BCUT2D eigenvalue weighted by Crippen LogP contribution is 2.27. The van der Waals surface area contributed by atoms with E-state index in [1.165, 1.54) is 6.07 Å². The molecular weight excluding hydrogens is 257 g/mol. The van der Waals surface area contributed by atoms with Gasteiger partial charge in [-0.05, 0) is 31.0 Å². The van der Waals surface area contributed by atoms with Gasteiger partial charge in [0.05, 0.1) is 0 Å². The highest BCUT2D eigenvalue weighted by atomic mass is 35.5. The van der Waals surface area contributed by atoms with Crippen molar-refractivity contribution in [2.24, 2.45) is 5.92 Å². The van der Waals surface area contributed by atoms with E-state index >= 15 is 0 Å². The molecule has 2 fully saturated rings. The van der Waals surface area contributed by atoms with Crippen molar-refractivity contribution in [2.45, 2.75) is 12.5 Å². The van der Waals surface area contributed by atoms with E-state index < -0.39 is 5.82 Å². The van der Waals surface area contributed by atoms with E-state index in [4.69, 9.17) is 11.6 Å². The van der Waals surface area contributed by atoms with Crippen LogP contribution in [0.3, 0.4) is 0 Å². The average molecular weight is 270 g/mol. The second-order valence-electron chi connectivity index (χ2n) is 4.86. The van der Waals surface area contributed by atoms with Gasteiger partial charge in [0, 0.05) is 19.1 Å². The van der Waals surface area contributed by atoms with Crippen molar-refractivity contribution < 1.29 is 9.18 Å². The van der Waals surface area contributed by atoms with Gasteiger partial charge < -0.3 is 10.2 Å². The second-order valence-corrected chi connectivity index (χ2v) is 5.22. The molecule has 1 N–H and O–H groups in total. The summed E-state index contributed by atoms with van der Waals surface area (Å²) in [6.07, 6.45) is 1.13. The third-order valence-electron chi connectivity index (χ3n) is 3.69. The van der Waals surface area contributed by atoms with E-state index in [1.54, 1.807) is 0 Å². The Morgan fingerprint density at radius 2 is 2.33 bits per heavy atom. The maximum absolute atomic E-state index is 13.0. The van der Waals surface area contributed by atoms with Gasteiger partial charge in [-0.25, -0.2) is 9.37 Å². The smallest absolute Gasteiger partial charge is 0.270 e. The Kier molecular flexibility index (Phi) is 2.95. The molecule has 3 heterocycles. The molecule has 1 amide bonds. The normalized spacial score (nSPS) is 29.6. The van der Waals surface area contributed by atoms with Gasteiger partial charge in [0.2, 0.25) is 0 Å². The van der Waals surface area contributed by atoms with E-state index in [-0.39, 0.29) is 22.8 Å². The van der Waals surface area contributed by atoms with Gasteiger partial charge in [-0.3, -0.25) is 4.79 Å². The van der Waals surface area contributed by atoms with Gasteiger partial charge in [0.25, 0.3) is 5.91 Å². The fourth-order valence-electron chi connectivity index (χ4n) is 2.73. The largest absolute Gasteiger partial charge is 0.346 e. The number of pyridine rings is 1. The predicted octanol–water partition coefficient (Wildman–Crippen LogP) is 1.31. The van der Waals surface area contributed by atoms with Crippen LogP contribution < -0.4 is 5.32 Å². The van der Waals surface area contributed by atoms with Gasteiger partial charge in [-0.15, -0.1) is 0 Å². The number of halogens is 2. The molecule has 3 rings (SSSR count). The van der Waals surface area contributed by atoms with Crippen LogP contribution in [0.4, 0.5) is 4.39 Å². The van der Waals surface area contributed by atoms with Crippen molar-refractivity contribution in [3.63, 3.8) is 0 Å². The summed E-state index contributed by atoms with van der Waals surface area (Å²) in [5.41, 5.74) is 0.166. The number of rotatable bonds is 2. The Balaban J connectivity index is 1.69. The molecule has 0 saturated carbocycles. The van der Waals surface area contributed by atoms with E-state index in [0.29, 0.717) is 5.92 Å². The van der Waals surface area contributed by atoms with E-state index in [1.807, 2.05) is 0 Å². The Morgan fingerprint density at radius 1 is 1.50 bits per heavy atom. The first kappa shape index (κ1) is 11.9. The Bertz CT molecular complexity index is 496. The van der Waals surface area contributed by atoms with Crippen molar-refractivity contribution in [1.29, 1.82) is 0 Å². The first-order chi connectivity index (χ1) is 8.63. The highest BCUT2D eigenvalue weighted by molar-refractivity contribution is 6.29. The number of fused-ring (bicyclic) bond motifs is 2. The van der Waals surface area contributed by atoms with Crippen molar-refractivity contribution in [3.8, 4) is 0 Å². The number of carbonyl (C=O) groups excluding carboxylic acids is 1. The van der Waals surface area contributed by atoms with Crippen LogP contribution in [-0.4, -0.2) is 41.5 Å². The number of nitrogens with zero attached hydrogens (tertiary/aromatic N) is 2. The molecule has 18 heavy (non-hydrogen) atoms. The SMILES string of the molecule is O=C(NC1CN2CCC1C2)c1ccc(F)c(Cl)n1. The molecule has 3 unspecified atom stereocenters. The lowest BCUT2D eigenvalue weighted by atomic mass is 10.00. The molecule has 4 nitrogen and oxygen atoms in total. The zero-order valence-electron chi connectivity index (χ0n) is 9.70. The summed E-state index contributed by atoms with van der Waals surface area (Å²) in [6.45, 7) is 3.07. The zero-order chi connectivity index (χ0) is 12.7. The third-order valence-corrected chi connectivity index (χ3v) is 3.95. The van der Waals surface area contributed by atoms with Gasteiger partial charge in [0.15, 0.2) is 11.0 Å². The van der Waals surface area contributed by atoms with Crippen LogP contribution in [0.1, 0.15) is 16.9 Å². The van der Waals surface area contributed by atoms with Crippen LogP contribution in [-0.2, 0) is 0 Å². The number of carbonyl (C=O) groups is 1. The predicted molar refractivity (Wildman–Crippen MR) is 65.0 cm³/mol. The Labute approximate surface area is 109 Å². The van der Waals surface area contributed by atoms with Crippen LogP contribution in [0.25, 0.3) is 0 Å². The summed E-state index contributed by atoms with van der Waals surface area (Å²) >= 11 is 5.56. The zero-order valence-corrected chi connectivity index (χ0v) is 10.5. The van der Waals surface area contributed by atoms with E-state index in [2.05, 4.69) is 15.2 Å². The van der Waals surface area contributed by atoms with Crippen LogP contribution in [0.2, 0.25) is 5.15 Å². The molecule has 2 aliphatic rings. The monoisotopic (exact) mass is 269 g/mol. The minimum atomic E-state index is -0.612. The first-order valence-electron chi connectivity index (χ1n) is 5.99. The van der Waals surface area contributed by atoms with Crippen LogP contribution in [0.5, 0.6) is 0 Å². The summed E-state index contributed by atoms with van der Waals surface area (Å²) in [4.78, 5) is 18.0. The number of nitrogens with one attached hydrogen (secondary N) is 1. The van der Waals surface area contributed by atoms with Gasteiger partial charge in [0.1, 0.15) is 5.69 Å². The molecule has 2 bridgehead atoms. The third kappa shape index (κ3) is 2.08. The van der Waals surface area contributed by atoms with E-state index in [9.17, 15) is 9.18 Å². The minimum Gasteiger partial charge on any atom is -0.346 e. The molecule has 0 spiro atoms. The molecule has 2 aliphatic heterocycles. The number of aromatic nitrogens is 1. The van der Waals surface area contributed by atoms with Crippen molar-refractivity contribution in [2.75, 3.05) is 19.6 Å². The summed E-state index contributed by atoms with van der Waals surface area (Å²) < 4.78 is 13.0. The van der Waals surface area contributed by atoms with Crippen molar-refractivity contribution >= 4 is 17.5 Å². The van der Waals surface area contributed by atoms with Crippen LogP contribution >= 0.6 is 11.6 Å². The number of piperidine rings is 1. The molecule has 0 aliphatic carbocycles. The molecule has 0 aromatic carbocycles. The summed E-state index contributed by atoms with van der Waals surface area (Å²) in [5.74, 6) is -0.361. The molecule has 1 aromatic rings. The van der Waals surface area contributed by atoms with Gasteiger partial charge in [-0.2, -0.15) is 0 Å². The van der Waals surface area contributed by atoms with Crippen LogP contribution in [0.15, 0.2) is 12.1 Å². The molecule has 96 valence electrons. The summed E-state index contributed by atoms with van der Waals surface area (Å²) in [7, 11) is 0. The fraction of sp³-hybridized carbons (Fsp3) is 0.500. The second kappa shape index (κ2) is 4.48. The topological polar surface area (TPSA) is 45.2 Å². The molecule has 2 saturated heterocycles.